The fourth-order valence-corrected chi connectivity index (χ4v) is 3.94. The third kappa shape index (κ3) is 3.65. The number of likely N-dealkylation sites (N-methyl/N-ethyl adjacent to an activating group) is 1. The predicted molar refractivity (Wildman–Crippen MR) is 117 cm³/mol. The van der Waals surface area contributed by atoms with Crippen LogP contribution in [-0.2, 0) is 11.3 Å². The van der Waals surface area contributed by atoms with Crippen LogP contribution in [0.3, 0.4) is 0 Å². The zero-order chi connectivity index (χ0) is 21.4. The number of carboxylic acids is 1. The lowest BCUT2D eigenvalue weighted by atomic mass is 10.0. The molecule has 1 unspecified atom stereocenters. The number of aliphatic carboxylic acids is 1. The van der Waals surface area contributed by atoms with Crippen molar-refractivity contribution in [2.24, 2.45) is 0 Å². The van der Waals surface area contributed by atoms with Gasteiger partial charge in [-0.1, -0.05) is 12.1 Å². The summed E-state index contributed by atoms with van der Waals surface area (Å²) in [6, 6.07) is 12.4. The van der Waals surface area contributed by atoms with Gasteiger partial charge in [0, 0.05) is 30.5 Å². The van der Waals surface area contributed by atoms with Gasteiger partial charge in [-0.3, -0.25) is 24.9 Å². The molecule has 0 aliphatic carbocycles. The van der Waals surface area contributed by atoms with Gasteiger partial charge in [0.05, 0.1) is 5.69 Å². The third-order valence-corrected chi connectivity index (χ3v) is 5.45. The van der Waals surface area contributed by atoms with Crippen LogP contribution in [-0.4, -0.2) is 45.0 Å². The molecule has 0 spiro atoms. The molecular formula is C19H18N6O3S2. The number of H-pyrrole nitrogens is 2. The van der Waals surface area contributed by atoms with Crippen molar-refractivity contribution in [3.63, 3.8) is 0 Å². The average molecular weight is 443 g/mol. The number of carbonyl (C=O) groups is 2. The van der Waals surface area contributed by atoms with Crippen molar-refractivity contribution in [3.05, 3.63) is 63.1 Å². The second-order valence-electron chi connectivity index (χ2n) is 6.78. The molecule has 4 rings (SSSR count). The van der Waals surface area contributed by atoms with E-state index in [2.05, 4.69) is 20.8 Å². The number of carboxylic acid groups (broad SMARTS) is 1. The number of fused-ring (bicyclic) bond motifs is 1. The second-order valence-corrected chi connectivity index (χ2v) is 7.55. The summed E-state index contributed by atoms with van der Waals surface area (Å²) in [6.45, 7) is 0.415. The first-order valence-corrected chi connectivity index (χ1v) is 9.80. The van der Waals surface area contributed by atoms with Crippen molar-refractivity contribution >= 4 is 47.7 Å². The van der Waals surface area contributed by atoms with E-state index in [1.54, 1.807) is 46.8 Å². The first-order chi connectivity index (χ1) is 14.3. The Morgan fingerprint density at radius 2 is 1.87 bits per heavy atom. The van der Waals surface area contributed by atoms with E-state index in [1.807, 2.05) is 12.1 Å². The molecule has 1 aliphatic heterocycles. The number of carbonyl (C=O) groups excluding carboxylic acids is 1. The fraction of sp³-hybridized carbons (Fsp3) is 0.158. The third-order valence-electron chi connectivity index (χ3n) is 4.88. The summed E-state index contributed by atoms with van der Waals surface area (Å²) in [4.78, 5) is 25.8. The molecule has 154 valence electrons. The molecule has 3 aromatic rings. The van der Waals surface area contributed by atoms with E-state index < -0.39 is 12.1 Å². The summed E-state index contributed by atoms with van der Waals surface area (Å²) in [6.07, 6.45) is -0.845. The minimum absolute atomic E-state index is 0.309. The Bertz CT molecular complexity index is 1230. The van der Waals surface area contributed by atoms with Crippen molar-refractivity contribution in [1.29, 1.82) is 0 Å². The highest BCUT2D eigenvalue weighted by Gasteiger charge is 2.28. The maximum atomic E-state index is 12.8. The Kier molecular flexibility index (Phi) is 5.24. The van der Waals surface area contributed by atoms with E-state index in [9.17, 15) is 14.7 Å². The molecule has 0 radical (unpaired) electrons. The molecular weight excluding hydrogens is 424 g/mol. The lowest BCUT2D eigenvalue weighted by molar-refractivity contribution is -0.139. The quantitative estimate of drug-likeness (QED) is 0.394. The van der Waals surface area contributed by atoms with Crippen molar-refractivity contribution in [1.82, 2.24) is 20.1 Å². The number of benzene rings is 2. The lowest BCUT2D eigenvalue weighted by Gasteiger charge is -2.34. The lowest BCUT2D eigenvalue weighted by Crippen LogP contribution is -2.52. The summed E-state index contributed by atoms with van der Waals surface area (Å²) >= 11 is 10.5. The van der Waals surface area contributed by atoms with E-state index >= 15 is 0 Å². The summed E-state index contributed by atoms with van der Waals surface area (Å²) < 4.78 is 2.48. The summed E-state index contributed by atoms with van der Waals surface area (Å²) in [5.74, 6) is -1.28. The van der Waals surface area contributed by atoms with Crippen LogP contribution in [0.1, 0.15) is 15.9 Å². The van der Waals surface area contributed by atoms with Crippen LogP contribution >= 0.6 is 24.4 Å². The smallest absolute Gasteiger partial charge is 0.341 e. The van der Waals surface area contributed by atoms with E-state index in [1.165, 1.54) is 0 Å². The maximum Gasteiger partial charge on any atom is 0.341 e. The standard InChI is InChI=1S/C19H18N6O3S2/c1-24-14-7-10(5-6-11(14)9-20-15(24)17(27)28)16(26)21-12-3-2-4-13(8-12)25-18(29)22-23-19(25)30/h2-8,15,20H,9H2,1H3,(H,21,26)(H,22,29)(H,23,30)(H,27,28). The highest BCUT2D eigenvalue weighted by atomic mass is 32.1. The second kappa shape index (κ2) is 7.86. The number of anilines is 2. The minimum atomic E-state index is -0.975. The molecule has 0 saturated carbocycles. The molecule has 9 nitrogen and oxygen atoms in total. The van der Waals surface area contributed by atoms with Gasteiger partial charge < -0.3 is 15.3 Å². The van der Waals surface area contributed by atoms with Gasteiger partial charge in [-0.25, -0.2) is 4.79 Å². The number of amides is 1. The Hall–Kier alpha value is -3.28. The van der Waals surface area contributed by atoms with Crippen LogP contribution in [0.5, 0.6) is 0 Å². The molecule has 11 heteroatoms. The Balaban J connectivity index is 1.60. The molecule has 0 bridgehead atoms. The van der Waals surface area contributed by atoms with E-state index in [0.717, 1.165) is 5.56 Å². The SMILES string of the molecule is CN1c2cc(C(=O)Nc3cccc(-n4c(=S)[nH][nH]c4=S)c3)ccc2CNC1C(=O)O. The number of aromatic nitrogens is 3. The predicted octanol–water partition coefficient (Wildman–Crippen LogP) is 2.79. The van der Waals surface area contributed by atoms with Crippen molar-refractivity contribution in [3.8, 4) is 5.69 Å². The Labute approximate surface area is 181 Å². The molecule has 2 aromatic carbocycles. The van der Waals surface area contributed by atoms with Crippen molar-refractivity contribution < 1.29 is 14.7 Å². The largest absolute Gasteiger partial charge is 0.479 e. The zero-order valence-electron chi connectivity index (χ0n) is 15.8. The molecule has 5 N–H and O–H groups in total. The van der Waals surface area contributed by atoms with Crippen LogP contribution < -0.4 is 15.5 Å². The van der Waals surface area contributed by atoms with Gasteiger partial charge in [0.1, 0.15) is 0 Å². The molecule has 1 aliphatic rings. The van der Waals surface area contributed by atoms with E-state index in [0.29, 0.717) is 38.7 Å². The van der Waals surface area contributed by atoms with Crippen LogP contribution in [0.15, 0.2) is 42.5 Å². The Morgan fingerprint density at radius 1 is 1.13 bits per heavy atom. The number of rotatable bonds is 4. The van der Waals surface area contributed by atoms with Gasteiger partial charge in [0.25, 0.3) is 5.91 Å². The van der Waals surface area contributed by atoms with Gasteiger partial charge in [-0.15, -0.1) is 0 Å². The zero-order valence-corrected chi connectivity index (χ0v) is 17.4. The fourth-order valence-electron chi connectivity index (χ4n) is 3.39. The van der Waals surface area contributed by atoms with Crippen LogP contribution in [0, 0.1) is 9.54 Å². The normalized spacial score (nSPS) is 15.5. The van der Waals surface area contributed by atoms with E-state index in [4.69, 9.17) is 24.4 Å². The number of hydrogen-bond donors (Lipinski definition) is 5. The van der Waals surface area contributed by atoms with Crippen LogP contribution in [0.2, 0.25) is 0 Å². The summed E-state index contributed by atoms with van der Waals surface area (Å²) in [7, 11) is 1.68. The molecule has 0 saturated heterocycles. The van der Waals surface area contributed by atoms with Crippen molar-refractivity contribution in [2.75, 3.05) is 17.3 Å². The van der Waals surface area contributed by atoms with Gasteiger partial charge >= 0.3 is 5.97 Å². The van der Waals surface area contributed by atoms with Crippen molar-refractivity contribution in [2.45, 2.75) is 12.7 Å². The van der Waals surface area contributed by atoms with E-state index in [-0.39, 0.29) is 5.91 Å². The Morgan fingerprint density at radius 3 is 2.57 bits per heavy atom. The topological polar surface area (TPSA) is 118 Å². The number of aromatic amines is 2. The summed E-state index contributed by atoms with van der Waals surface area (Å²) in [5, 5.41) is 20.7. The van der Waals surface area contributed by atoms with Crippen LogP contribution in [0.4, 0.5) is 11.4 Å². The molecule has 1 aromatic heterocycles. The molecule has 0 fully saturated rings. The first-order valence-electron chi connectivity index (χ1n) is 8.98. The van der Waals surface area contributed by atoms with Gasteiger partial charge in [0.15, 0.2) is 15.7 Å². The highest BCUT2D eigenvalue weighted by molar-refractivity contribution is 7.72. The minimum Gasteiger partial charge on any atom is -0.479 e. The highest BCUT2D eigenvalue weighted by Crippen LogP contribution is 2.27. The van der Waals surface area contributed by atoms with Gasteiger partial charge in [-0.2, -0.15) is 0 Å². The molecule has 30 heavy (non-hydrogen) atoms. The van der Waals surface area contributed by atoms with Gasteiger partial charge in [0.2, 0.25) is 0 Å². The maximum absolute atomic E-state index is 12.8. The molecule has 1 atom stereocenters. The molecule has 1 amide bonds. The van der Waals surface area contributed by atoms with Gasteiger partial charge in [-0.05, 0) is 60.3 Å². The number of nitrogens with zero attached hydrogens (tertiary/aromatic N) is 2. The summed E-state index contributed by atoms with van der Waals surface area (Å²) in [5.41, 5.74) is 3.33. The number of hydrogen-bond acceptors (Lipinski definition) is 6. The average Bonchev–Trinajstić information content (AvgIpc) is 3.06. The first kappa shape index (κ1) is 20.0. The number of nitrogens with one attached hydrogen (secondary N) is 4. The molecule has 2 heterocycles. The van der Waals surface area contributed by atoms with Crippen LogP contribution in [0.25, 0.3) is 5.69 Å². The monoisotopic (exact) mass is 442 g/mol.